The van der Waals surface area contributed by atoms with Crippen molar-refractivity contribution in [3.63, 3.8) is 0 Å². The van der Waals surface area contributed by atoms with Gasteiger partial charge in [0.2, 0.25) is 0 Å². The van der Waals surface area contributed by atoms with Gasteiger partial charge in [0.15, 0.2) is 0 Å². The van der Waals surface area contributed by atoms with Crippen LogP contribution >= 0.6 is 11.3 Å². The second-order valence-corrected chi connectivity index (χ2v) is 10.2. The molecule has 1 saturated carbocycles. The van der Waals surface area contributed by atoms with Gasteiger partial charge in [-0.1, -0.05) is 37.5 Å². The fourth-order valence-electron chi connectivity index (χ4n) is 5.34. The Kier molecular flexibility index (Phi) is 6.80. The molecule has 0 spiro atoms. The first-order valence-electron chi connectivity index (χ1n) is 12.1. The predicted molar refractivity (Wildman–Crippen MR) is 134 cm³/mol. The lowest BCUT2D eigenvalue weighted by atomic mass is 9.79. The Labute approximate surface area is 195 Å². The first-order valence-corrected chi connectivity index (χ1v) is 13.0. The van der Waals surface area contributed by atoms with Gasteiger partial charge < -0.3 is 0 Å². The number of benzene rings is 1. The molecule has 2 aliphatic rings. The first-order chi connectivity index (χ1) is 15.8. The molecule has 1 aromatic carbocycles. The Balaban J connectivity index is 1.24. The summed E-state index contributed by atoms with van der Waals surface area (Å²) in [5, 5.41) is 3.51. The SMILES string of the molecule is O=C(C1CCCCC1)C(CCN1CC=C(c2ccc3sccc3c2)CC1)c1ccccn1. The number of rotatable bonds is 7. The van der Waals surface area contributed by atoms with Gasteiger partial charge in [-0.15, -0.1) is 11.3 Å². The molecular weight excluding hydrogens is 412 g/mol. The van der Waals surface area contributed by atoms with Crippen LogP contribution in [-0.4, -0.2) is 35.3 Å². The van der Waals surface area contributed by atoms with E-state index in [9.17, 15) is 4.79 Å². The second-order valence-electron chi connectivity index (χ2n) is 9.29. The summed E-state index contributed by atoms with van der Waals surface area (Å²) in [6.07, 6.45) is 12.0. The highest BCUT2D eigenvalue weighted by Gasteiger charge is 2.30. The van der Waals surface area contributed by atoms with E-state index in [0.717, 1.165) is 51.0 Å². The molecule has 3 aromatic rings. The number of thiophene rings is 1. The van der Waals surface area contributed by atoms with Crippen molar-refractivity contribution >= 4 is 32.8 Å². The number of Topliss-reactive ketones (excluding diaryl/α,β-unsaturated/α-hetero) is 1. The van der Waals surface area contributed by atoms with Crippen LogP contribution in [0.3, 0.4) is 0 Å². The van der Waals surface area contributed by atoms with E-state index in [1.54, 1.807) is 11.3 Å². The van der Waals surface area contributed by atoms with Crippen molar-refractivity contribution in [2.75, 3.05) is 19.6 Å². The monoisotopic (exact) mass is 444 g/mol. The maximum absolute atomic E-state index is 13.4. The number of ketones is 1. The molecule has 1 aliphatic carbocycles. The van der Waals surface area contributed by atoms with E-state index in [2.05, 4.69) is 45.6 Å². The molecule has 1 aliphatic heterocycles. The lowest BCUT2D eigenvalue weighted by Gasteiger charge is -2.29. The van der Waals surface area contributed by atoms with Crippen LogP contribution in [0.25, 0.3) is 15.7 Å². The van der Waals surface area contributed by atoms with Crippen molar-refractivity contribution < 1.29 is 4.79 Å². The summed E-state index contributed by atoms with van der Waals surface area (Å²) >= 11 is 1.80. The van der Waals surface area contributed by atoms with Crippen LogP contribution in [0.5, 0.6) is 0 Å². The van der Waals surface area contributed by atoms with E-state index in [1.807, 2.05) is 24.4 Å². The number of fused-ring (bicyclic) bond motifs is 1. The number of pyridine rings is 1. The minimum absolute atomic E-state index is 0.0642. The number of hydrogen-bond acceptors (Lipinski definition) is 4. The molecule has 32 heavy (non-hydrogen) atoms. The smallest absolute Gasteiger partial charge is 0.145 e. The largest absolute Gasteiger partial charge is 0.299 e. The van der Waals surface area contributed by atoms with Gasteiger partial charge in [0.25, 0.3) is 0 Å². The molecule has 3 heterocycles. The molecule has 5 rings (SSSR count). The maximum atomic E-state index is 13.4. The van der Waals surface area contributed by atoms with Crippen LogP contribution in [0.4, 0.5) is 0 Å². The van der Waals surface area contributed by atoms with Crippen LogP contribution < -0.4 is 0 Å². The van der Waals surface area contributed by atoms with Gasteiger partial charge in [-0.3, -0.25) is 14.7 Å². The molecular formula is C28H32N2OS. The quantitative estimate of drug-likeness (QED) is 0.406. The molecule has 0 amide bonds. The van der Waals surface area contributed by atoms with Gasteiger partial charge in [-0.25, -0.2) is 0 Å². The minimum Gasteiger partial charge on any atom is -0.299 e. The number of aromatic nitrogens is 1. The van der Waals surface area contributed by atoms with Gasteiger partial charge in [0, 0.05) is 29.9 Å². The van der Waals surface area contributed by atoms with Crippen LogP contribution in [0, 0.1) is 5.92 Å². The third-order valence-corrected chi connectivity index (χ3v) is 8.14. The Morgan fingerprint density at radius 1 is 1.12 bits per heavy atom. The van der Waals surface area contributed by atoms with E-state index in [1.165, 1.54) is 40.5 Å². The average molecular weight is 445 g/mol. The van der Waals surface area contributed by atoms with Crippen molar-refractivity contribution in [3.8, 4) is 0 Å². The normalized spacial score (nSPS) is 19.1. The molecule has 0 bridgehead atoms. The second kappa shape index (κ2) is 10.1. The molecule has 166 valence electrons. The molecule has 0 saturated heterocycles. The zero-order chi connectivity index (χ0) is 21.8. The molecule has 0 radical (unpaired) electrons. The first kappa shape index (κ1) is 21.5. The van der Waals surface area contributed by atoms with E-state index in [4.69, 9.17) is 0 Å². The minimum atomic E-state index is -0.0642. The predicted octanol–water partition coefficient (Wildman–Crippen LogP) is 6.71. The molecule has 1 unspecified atom stereocenters. The van der Waals surface area contributed by atoms with Crippen molar-refractivity contribution in [1.82, 2.24) is 9.88 Å². The summed E-state index contributed by atoms with van der Waals surface area (Å²) in [7, 11) is 0. The maximum Gasteiger partial charge on any atom is 0.145 e. The van der Waals surface area contributed by atoms with Crippen LogP contribution in [0.15, 0.2) is 60.1 Å². The Bertz CT molecular complexity index is 1080. The third kappa shape index (κ3) is 4.87. The summed E-state index contributed by atoms with van der Waals surface area (Å²) in [6, 6.07) is 15.0. The zero-order valence-electron chi connectivity index (χ0n) is 18.7. The Hall–Kier alpha value is -2.30. The van der Waals surface area contributed by atoms with E-state index < -0.39 is 0 Å². The number of carbonyl (C=O) groups is 1. The molecule has 0 N–H and O–H groups in total. The fraction of sp³-hybridized carbons (Fsp3) is 0.429. The van der Waals surface area contributed by atoms with Gasteiger partial charge in [0.05, 0.1) is 11.6 Å². The zero-order valence-corrected chi connectivity index (χ0v) is 19.5. The summed E-state index contributed by atoms with van der Waals surface area (Å²) in [5.41, 5.74) is 3.77. The number of carbonyl (C=O) groups excluding carboxylic acids is 1. The number of hydrogen-bond donors (Lipinski definition) is 0. The highest BCUT2D eigenvalue weighted by Crippen LogP contribution is 2.32. The van der Waals surface area contributed by atoms with Gasteiger partial charge in [-0.05, 0) is 84.5 Å². The van der Waals surface area contributed by atoms with Gasteiger partial charge in [0.1, 0.15) is 5.78 Å². The lowest BCUT2D eigenvalue weighted by Crippen LogP contribution is -2.33. The van der Waals surface area contributed by atoms with Crippen LogP contribution in [-0.2, 0) is 4.79 Å². The molecule has 3 nitrogen and oxygen atoms in total. The van der Waals surface area contributed by atoms with Gasteiger partial charge >= 0.3 is 0 Å². The van der Waals surface area contributed by atoms with Gasteiger partial charge in [-0.2, -0.15) is 0 Å². The standard InChI is InChI=1S/C28H32N2OS/c31-28(22-6-2-1-3-7-22)25(26-8-4-5-15-29-26)13-18-30-16-11-21(12-17-30)23-9-10-27-24(20-23)14-19-32-27/h4-5,8-11,14-15,19-20,22,25H,1-3,6-7,12-13,16-18H2. The third-order valence-electron chi connectivity index (χ3n) is 7.25. The molecule has 4 heteroatoms. The van der Waals surface area contributed by atoms with E-state index in [-0.39, 0.29) is 11.8 Å². The average Bonchev–Trinajstić information content (AvgIpc) is 3.34. The topological polar surface area (TPSA) is 33.2 Å². The van der Waals surface area contributed by atoms with Crippen LogP contribution in [0.1, 0.15) is 62.1 Å². The molecule has 1 fully saturated rings. The van der Waals surface area contributed by atoms with Crippen molar-refractivity contribution in [2.24, 2.45) is 5.92 Å². The summed E-state index contributed by atoms with van der Waals surface area (Å²) in [4.78, 5) is 20.5. The summed E-state index contributed by atoms with van der Waals surface area (Å²) in [6.45, 7) is 2.97. The van der Waals surface area contributed by atoms with Crippen LogP contribution in [0.2, 0.25) is 0 Å². The fourth-order valence-corrected chi connectivity index (χ4v) is 6.12. The Morgan fingerprint density at radius 3 is 2.81 bits per heavy atom. The number of nitrogens with zero attached hydrogens (tertiary/aromatic N) is 2. The van der Waals surface area contributed by atoms with E-state index in [0.29, 0.717) is 5.78 Å². The van der Waals surface area contributed by atoms with E-state index >= 15 is 0 Å². The lowest BCUT2D eigenvalue weighted by molar-refractivity contribution is -0.125. The van der Waals surface area contributed by atoms with Crippen molar-refractivity contribution in [1.29, 1.82) is 0 Å². The molecule has 2 aromatic heterocycles. The summed E-state index contributed by atoms with van der Waals surface area (Å²) in [5.74, 6) is 0.599. The van der Waals surface area contributed by atoms with Crippen molar-refractivity contribution in [2.45, 2.75) is 50.9 Å². The highest BCUT2D eigenvalue weighted by molar-refractivity contribution is 7.17. The molecule has 1 atom stereocenters. The van der Waals surface area contributed by atoms with Crippen molar-refractivity contribution in [3.05, 3.63) is 71.4 Å². The Morgan fingerprint density at radius 2 is 2.03 bits per heavy atom. The summed E-state index contributed by atoms with van der Waals surface area (Å²) < 4.78 is 1.36. The highest BCUT2D eigenvalue weighted by atomic mass is 32.1.